The van der Waals surface area contributed by atoms with Crippen molar-refractivity contribution in [3.05, 3.63) is 58.7 Å². The van der Waals surface area contributed by atoms with Crippen LogP contribution in [0.2, 0.25) is 0 Å². The van der Waals surface area contributed by atoms with Crippen LogP contribution in [0.15, 0.2) is 42.0 Å². The minimum absolute atomic E-state index is 0.00839. The first-order valence-corrected chi connectivity index (χ1v) is 13.5. The number of carbonyl (C=O) groups excluding carboxylic acids is 2. The quantitative estimate of drug-likeness (QED) is 0.267. The number of carbonyl (C=O) groups is 2. The lowest BCUT2D eigenvalue weighted by atomic mass is 9.93. The van der Waals surface area contributed by atoms with Crippen LogP contribution in [0.5, 0.6) is 17.2 Å². The van der Waals surface area contributed by atoms with Crippen LogP contribution in [-0.4, -0.2) is 84.3 Å². The maximum atomic E-state index is 13.5. The number of aryl methyl sites for hydroxylation is 1. The molecule has 39 heavy (non-hydrogen) atoms. The number of ether oxygens (including phenoxy) is 3. The van der Waals surface area contributed by atoms with Gasteiger partial charge in [-0.15, -0.1) is 0 Å². The zero-order chi connectivity index (χ0) is 28.1. The molecule has 210 valence electrons. The molecule has 2 aromatic rings. The average Bonchev–Trinajstić information content (AvgIpc) is 3.17. The van der Waals surface area contributed by atoms with Gasteiger partial charge in [-0.2, -0.15) is 0 Å². The number of morpholine rings is 1. The van der Waals surface area contributed by atoms with E-state index in [9.17, 15) is 19.8 Å². The number of phenolic OH excluding ortho intramolecular Hbond substituents is 1. The molecule has 2 saturated heterocycles. The fraction of sp³-hybridized carbons (Fsp3) is 0.467. The molecule has 2 N–H and O–H groups in total. The molecule has 0 bridgehead atoms. The smallest absolute Gasteiger partial charge is 0.295 e. The number of phenols is 1. The highest BCUT2D eigenvalue weighted by Crippen LogP contribution is 2.42. The highest BCUT2D eigenvalue weighted by molar-refractivity contribution is 6.46. The van der Waals surface area contributed by atoms with Gasteiger partial charge in [0, 0.05) is 31.7 Å². The summed E-state index contributed by atoms with van der Waals surface area (Å²) in [7, 11) is 0. The topological polar surface area (TPSA) is 109 Å². The Morgan fingerprint density at radius 3 is 2.49 bits per heavy atom. The molecule has 0 aliphatic carbocycles. The van der Waals surface area contributed by atoms with E-state index in [2.05, 4.69) is 18.7 Å². The number of ketones is 1. The van der Waals surface area contributed by atoms with E-state index in [0.29, 0.717) is 61.3 Å². The number of aliphatic hydroxyl groups excluding tert-OH is 1. The van der Waals surface area contributed by atoms with Crippen LogP contribution in [0.3, 0.4) is 0 Å². The second-order valence-electron chi connectivity index (χ2n) is 10.3. The Hall–Kier alpha value is -3.56. The minimum atomic E-state index is -0.845. The number of nitrogens with zero attached hydrogens (tertiary/aromatic N) is 2. The number of Topliss-reactive ketones (excluding diaryl/α,β-unsaturated/α-hetero) is 1. The molecule has 1 atom stereocenters. The Morgan fingerprint density at radius 1 is 1.08 bits per heavy atom. The summed E-state index contributed by atoms with van der Waals surface area (Å²) < 4.78 is 16.8. The Labute approximate surface area is 229 Å². The van der Waals surface area contributed by atoms with Crippen molar-refractivity contribution in [2.24, 2.45) is 5.92 Å². The molecular formula is C30H38N2O7. The van der Waals surface area contributed by atoms with Crippen LogP contribution in [-0.2, 0) is 14.3 Å². The molecular weight excluding hydrogens is 500 g/mol. The van der Waals surface area contributed by atoms with Crippen LogP contribution in [0, 0.1) is 12.8 Å². The maximum absolute atomic E-state index is 13.5. The van der Waals surface area contributed by atoms with E-state index in [4.69, 9.17) is 14.2 Å². The number of aliphatic hydroxyl groups is 1. The lowest BCUT2D eigenvalue weighted by molar-refractivity contribution is -0.140. The number of aromatic hydroxyl groups is 1. The summed E-state index contributed by atoms with van der Waals surface area (Å²) in [6.45, 7) is 12.2. The molecule has 9 nitrogen and oxygen atoms in total. The van der Waals surface area contributed by atoms with E-state index in [1.807, 2.05) is 13.0 Å². The van der Waals surface area contributed by atoms with Gasteiger partial charge in [0.05, 0.1) is 38.0 Å². The second-order valence-corrected chi connectivity index (χ2v) is 10.3. The van der Waals surface area contributed by atoms with Crippen LogP contribution in [0.1, 0.15) is 43.5 Å². The third-order valence-corrected chi connectivity index (χ3v) is 6.94. The van der Waals surface area contributed by atoms with E-state index >= 15 is 0 Å². The van der Waals surface area contributed by atoms with Crippen LogP contribution in [0.25, 0.3) is 5.76 Å². The molecule has 1 amide bonds. The first-order valence-electron chi connectivity index (χ1n) is 13.5. The summed E-state index contributed by atoms with van der Waals surface area (Å²) in [5.74, 6) is -0.430. The molecule has 2 aliphatic rings. The molecule has 2 fully saturated rings. The summed E-state index contributed by atoms with van der Waals surface area (Å²) in [5.41, 5.74) is 1.74. The van der Waals surface area contributed by atoms with Crippen molar-refractivity contribution in [2.45, 2.75) is 33.7 Å². The van der Waals surface area contributed by atoms with Crippen molar-refractivity contribution < 1.29 is 34.0 Å². The highest BCUT2D eigenvalue weighted by atomic mass is 16.5. The van der Waals surface area contributed by atoms with Gasteiger partial charge < -0.3 is 29.3 Å². The monoisotopic (exact) mass is 538 g/mol. The molecule has 0 radical (unpaired) electrons. The van der Waals surface area contributed by atoms with E-state index in [-0.39, 0.29) is 29.4 Å². The summed E-state index contributed by atoms with van der Waals surface area (Å²) in [6, 6.07) is 9.19. The largest absolute Gasteiger partial charge is 0.507 e. The van der Waals surface area contributed by atoms with Crippen molar-refractivity contribution in [1.82, 2.24) is 9.80 Å². The van der Waals surface area contributed by atoms with Gasteiger partial charge in [-0.05, 0) is 61.2 Å². The predicted octanol–water partition coefficient (Wildman–Crippen LogP) is 3.89. The van der Waals surface area contributed by atoms with Crippen molar-refractivity contribution in [2.75, 3.05) is 52.6 Å². The van der Waals surface area contributed by atoms with E-state index in [1.165, 1.54) is 11.0 Å². The number of hydrogen-bond donors (Lipinski definition) is 2. The molecule has 0 saturated carbocycles. The zero-order valence-corrected chi connectivity index (χ0v) is 23.1. The molecule has 2 heterocycles. The summed E-state index contributed by atoms with van der Waals surface area (Å²) in [4.78, 5) is 30.5. The van der Waals surface area contributed by atoms with Gasteiger partial charge in [-0.25, -0.2) is 0 Å². The molecule has 0 spiro atoms. The van der Waals surface area contributed by atoms with Crippen LogP contribution >= 0.6 is 0 Å². The van der Waals surface area contributed by atoms with Gasteiger partial charge in [0.15, 0.2) is 11.5 Å². The Balaban J connectivity index is 1.75. The Bertz CT molecular complexity index is 1230. The van der Waals surface area contributed by atoms with Crippen molar-refractivity contribution in [3.63, 3.8) is 0 Å². The third kappa shape index (κ3) is 6.37. The normalized spacial score (nSPS) is 19.6. The SMILES string of the molecule is CCOc1cc(C2/C(=C(/O)c3ccc(OCC(C)C)cc3C)C(=O)C(=O)N2CCN2CCOCC2)ccc1O. The van der Waals surface area contributed by atoms with Gasteiger partial charge in [0.2, 0.25) is 0 Å². The molecule has 1 unspecified atom stereocenters. The Kier molecular flexibility index (Phi) is 9.14. The molecule has 2 aromatic carbocycles. The van der Waals surface area contributed by atoms with E-state index in [0.717, 1.165) is 13.1 Å². The minimum Gasteiger partial charge on any atom is -0.507 e. The summed E-state index contributed by atoms with van der Waals surface area (Å²) in [6.07, 6.45) is 0. The predicted molar refractivity (Wildman–Crippen MR) is 147 cm³/mol. The average molecular weight is 539 g/mol. The number of amides is 1. The fourth-order valence-electron chi connectivity index (χ4n) is 4.90. The van der Waals surface area contributed by atoms with Crippen LogP contribution in [0.4, 0.5) is 0 Å². The zero-order valence-electron chi connectivity index (χ0n) is 23.1. The molecule has 9 heteroatoms. The number of rotatable bonds is 10. The van der Waals surface area contributed by atoms with Crippen molar-refractivity contribution in [3.8, 4) is 17.2 Å². The maximum Gasteiger partial charge on any atom is 0.295 e. The van der Waals surface area contributed by atoms with Gasteiger partial charge in [-0.3, -0.25) is 14.5 Å². The number of likely N-dealkylation sites (tertiary alicyclic amines) is 1. The Morgan fingerprint density at radius 2 is 1.82 bits per heavy atom. The van der Waals surface area contributed by atoms with Gasteiger partial charge in [0.25, 0.3) is 11.7 Å². The van der Waals surface area contributed by atoms with Crippen LogP contribution < -0.4 is 9.47 Å². The van der Waals surface area contributed by atoms with Gasteiger partial charge in [0.1, 0.15) is 11.5 Å². The lowest BCUT2D eigenvalue weighted by Gasteiger charge is -2.31. The first kappa shape index (κ1) is 28.4. The first-order chi connectivity index (χ1) is 18.7. The fourth-order valence-corrected chi connectivity index (χ4v) is 4.90. The molecule has 4 rings (SSSR count). The van der Waals surface area contributed by atoms with Crippen molar-refractivity contribution in [1.29, 1.82) is 0 Å². The number of hydrogen-bond acceptors (Lipinski definition) is 8. The van der Waals surface area contributed by atoms with Gasteiger partial charge in [-0.1, -0.05) is 19.9 Å². The lowest BCUT2D eigenvalue weighted by Crippen LogP contribution is -2.42. The summed E-state index contributed by atoms with van der Waals surface area (Å²) >= 11 is 0. The van der Waals surface area contributed by atoms with Gasteiger partial charge >= 0.3 is 0 Å². The second kappa shape index (κ2) is 12.5. The van der Waals surface area contributed by atoms with Crippen molar-refractivity contribution >= 4 is 17.4 Å². The highest BCUT2D eigenvalue weighted by Gasteiger charge is 2.46. The third-order valence-electron chi connectivity index (χ3n) is 6.94. The summed E-state index contributed by atoms with van der Waals surface area (Å²) in [5, 5.41) is 21.8. The van der Waals surface area contributed by atoms with E-state index < -0.39 is 17.7 Å². The van der Waals surface area contributed by atoms with E-state index in [1.54, 1.807) is 31.2 Å². The number of benzene rings is 2. The standard InChI is InChI=1S/C30H38N2O7/c1-5-38-25-17-21(6-9-24(25)33)27-26(28(34)23-8-7-22(16-20(23)4)39-18-19(2)3)29(35)30(36)32(27)11-10-31-12-14-37-15-13-31/h6-9,16-17,19,27,33-34H,5,10-15,18H2,1-4H3/b28-26-. The molecule has 0 aromatic heterocycles. The molecule has 2 aliphatic heterocycles.